The van der Waals surface area contributed by atoms with Gasteiger partial charge in [0, 0.05) is 12.3 Å². The molecule has 164 valence electrons. The first-order valence-electron chi connectivity index (χ1n) is 12.5. The highest BCUT2D eigenvalue weighted by Gasteiger charge is 1.95. The summed E-state index contributed by atoms with van der Waals surface area (Å²) < 4.78 is 0. The van der Waals surface area contributed by atoms with Crippen molar-refractivity contribution < 1.29 is 9.90 Å². The van der Waals surface area contributed by atoms with Crippen LogP contribution in [0.3, 0.4) is 0 Å². The maximum absolute atomic E-state index is 10.2. The highest BCUT2D eigenvalue weighted by molar-refractivity contribution is 5.86. The van der Waals surface area contributed by atoms with Gasteiger partial charge in [0.25, 0.3) is 0 Å². The van der Waals surface area contributed by atoms with Crippen molar-refractivity contribution in [3.05, 3.63) is 0 Å². The van der Waals surface area contributed by atoms with Crippen LogP contribution in [-0.4, -0.2) is 11.1 Å². The summed E-state index contributed by atoms with van der Waals surface area (Å²) in [7, 11) is 0. The van der Waals surface area contributed by atoms with Gasteiger partial charge in [-0.2, -0.15) is 0 Å². The normalized spacial score (nSPS) is 10.6. The minimum atomic E-state index is -1.01. The Labute approximate surface area is 176 Å². The first-order chi connectivity index (χ1) is 13.8. The van der Waals surface area contributed by atoms with E-state index in [0.29, 0.717) is 0 Å². The van der Waals surface area contributed by atoms with E-state index in [1.54, 1.807) is 0 Å². The molecule has 0 aromatic carbocycles. The highest BCUT2D eigenvalue weighted by Crippen LogP contribution is 2.15. The van der Waals surface area contributed by atoms with Crippen LogP contribution in [0, 0.1) is 11.8 Å². The first-order valence-corrected chi connectivity index (χ1v) is 12.5. The molecule has 1 N–H and O–H groups in total. The van der Waals surface area contributed by atoms with E-state index in [-0.39, 0.29) is 0 Å². The Morgan fingerprint density at radius 2 is 0.821 bits per heavy atom. The number of unbranched alkanes of at least 4 members (excludes halogenated alkanes) is 21. The Morgan fingerprint density at radius 1 is 0.536 bits per heavy atom. The van der Waals surface area contributed by atoms with Crippen LogP contribution in [-0.2, 0) is 4.79 Å². The molecule has 0 saturated carbocycles. The van der Waals surface area contributed by atoms with Gasteiger partial charge in [-0.25, -0.2) is 4.79 Å². The molecule has 0 atom stereocenters. The molecule has 0 saturated heterocycles. The predicted octanol–water partition coefficient (Wildman–Crippen LogP) is 8.68. The second-order valence-corrected chi connectivity index (χ2v) is 8.43. The zero-order valence-corrected chi connectivity index (χ0v) is 18.9. The van der Waals surface area contributed by atoms with Gasteiger partial charge >= 0.3 is 5.97 Å². The third kappa shape index (κ3) is 25.0. The fraction of sp³-hybridized carbons (Fsp3) is 0.885. The summed E-state index contributed by atoms with van der Waals surface area (Å²) in [6, 6.07) is 0. The molecule has 0 unspecified atom stereocenters. The smallest absolute Gasteiger partial charge is 0.381 e. The Balaban J connectivity index is 3.03. The van der Waals surface area contributed by atoms with E-state index in [0.717, 1.165) is 12.8 Å². The van der Waals surface area contributed by atoms with E-state index in [9.17, 15) is 4.79 Å². The van der Waals surface area contributed by atoms with Crippen molar-refractivity contribution in [1.29, 1.82) is 0 Å². The molecule has 0 radical (unpaired) electrons. The average Bonchev–Trinajstić information content (AvgIpc) is 2.68. The van der Waals surface area contributed by atoms with Crippen LogP contribution >= 0.6 is 0 Å². The van der Waals surface area contributed by atoms with Crippen molar-refractivity contribution in [2.45, 2.75) is 148 Å². The molecule has 0 aromatic heterocycles. The number of carboxylic acids is 1. The van der Waals surface area contributed by atoms with Crippen LogP contribution in [0.25, 0.3) is 0 Å². The summed E-state index contributed by atoms with van der Waals surface area (Å²) in [6.07, 6.45) is 29.9. The van der Waals surface area contributed by atoms with Crippen molar-refractivity contribution in [3.8, 4) is 11.8 Å². The summed E-state index contributed by atoms with van der Waals surface area (Å²) in [5, 5.41) is 8.41. The van der Waals surface area contributed by atoms with Gasteiger partial charge < -0.3 is 5.11 Å². The third-order valence-corrected chi connectivity index (χ3v) is 5.60. The largest absolute Gasteiger partial charge is 0.472 e. The number of aliphatic carboxylic acids is 1. The molecule has 0 heterocycles. The Morgan fingerprint density at radius 3 is 1.11 bits per heavy atom. The van der Waals surface area contributed by atoms with E-state index in [1.165, 1.54) is 128 Å². The molecule has 0 aliphatic rings. The van der Waals surface area contributed by atoms with E-state index in [2.05, 4.69) is 18.8 Å². The van der Waals surface area contributed by atoms with Crippen molar-refractivity contribution in [2.75, 3.05) is 0 Å². The highest BCUT2D eigenvalue weighted by atomic mass is 16.4. The number of carbonyl (C=O) groups is 1. The van der Waals surface area contributed by atoms with Crippen molar-refractivity contribution in [3.63, 3.8) is 0 Å². The SMILES string of the molecule is CCCCCCCCCCCCCCCCCCCCCCCC#CC(=O)O. The molecule has 0 amide bonds. The number of rotatable bonds is 21. The van der Waals surface area contributed by atoms with Crippen LogP contribution in [0.5, 0.6) is 0 Å². The average molecular weight is 393 g/mol. The van der Waals surface area contributed by atoms with Crippen molar-refractivity contribution in [2.24, 2.45) is 0 Å². The topological polar surface area (TPSA) is 37.3 Å². The molecule has 2 nitrogen and oxygen atoms in total. The van der Waals surface area contributed by atoms with Gasteiger partial charge in [0.15, 0.2) is 0 Å². The lowest BCUT2D eigenvalue weighted by Crippen LogP contribution is -1.86. The summed E-state index contributed by atoms with van der Waals surface area (Å²) in [6.45, 7) is 2.29. The van der Waals surface area contributed by atoms with Crippen LogP contribution in [0.1, 0.15) is 148 Å². The Hall–Kier alpha value is -0.970. The molecular weight excluding hydrogens is 344 g/mol. The molecule has 0 fully saturated rings. The third-order valence-electron chi connectivity index (χ3n) is 5.60. The van der Waals surface area contributed by atoms with Gasteiger partial charge in [-0.05, 0) is 6.42 Å². The van der Waals surface area contributed by atoms with Crippen molar-refractivity contribution >= 4 is 5.97 Å². The summed E-state index contributed by atoms with van der Waals surface area (Å²) in [4.78, 5) is 10.2. The molecule has 2 heteroatoms. The lowest BCUT2D eigenvalue weighted by atomic mass is 10.0. The fourth-order valence-electron chi connectivity index (χ4n) is 3.78. The minimum absolute atomic E-state index is 0.728. The molecule has 0 aliphatic heterocycles. The zero-order valence-electron chi connectivity index (χ0n) is 18.9. The zero-order chi connectivity index (χ0) is 20.5. The van der Waals surface area contributed by atoms with Gasteiger partial charge in [0.1, 0.15) is 0 Å². The van der Waals surface area contributed by atoms with Crippen molar-refractivity contribution in [1.82, 2.24) is 0 Å². The molecule has 0 bridgehead atoms. The van der Waals surface area contributed by atoms with Gasteiger partial charge in [0.2, 0.25) is 0 Å². The van der Waals surface area contributed by atoms with Crippen LogP contribution in [0.15, 0.2) is 0 Å². The summed E-state index contributed by atoms with van der Waals surface area (Å²) in [5.41, 5.74) is 0. The van der Waals surface area contributed by atoms with E-state index >= 15 is 0 Å². The van der Waals surface area contributed by atoms with Gasteiger partial charge in [-0.15, -0.1) is 0 Å². The summed E-state index contributed by atoms with van der Waals surface area (Å²) >= 11 is 0. The molecular formula is C26H48O2. The van der Waals surface area contributed by atoms with Crippen LogP contribution in [0.4, 0.5) is 0 Å². The van der Waals surface area contributed by atoms with E-state index in [1.807, 2.05) is 0 Å². The minimum Gasteiger partial charge on any atom is -0.472 e. The lowest BCUT2D eigenvalue weighted by molar-refractivity contribution is -0.130. The first kappa shape index (κ1) is 27.0. The molecule has 28 heavy (non-hydrogen) atoms. The van der Waals surface area contributed by atoms with Gasteiger partial charge in [0.05, 0.1) is 0 Å². The Bertz CT molecular complexity index is 378. The second kappa shape index (κ2) is 24.1. The number of hydrogen-bond acceptors (Lipinski definition) is 1. The van der Waals surface area contributed by atoms with Gasteiger partial charge in [-0.3, -0.25) is 0 Å². The van der Waals surface area contributed by atoms with Gasteiger partial charge in [-0.1, -0.05) is 141 Å². The maximum atomic E-state index is 10.2. The summed E-state index contributed by atoms with van der Waals surface area (Å²) in [5.74, 6) is 3.86. The van der Waals surface area contributed by atoms with E-state index in [4.69, 9.17) is 5.11 Å². The number of hydrogen-bond donors (Lipinski definition) is 1. The molecule has 0 rings (SSSR count). The molecule has 0 aromatic rings. The van der Waals surface area contributed by atoms with E-state index < -0.39 is 5.97 Å². The monoisotopic (exact) mass is 392 g/mol. The molecule has 0 spiro atoms. The standard InChI is InChI=1S/C26H48O2/c1-2-3-4-5-6-7-8-9-10-11-12-13-14-15-16-17-18-19-20-21-22-23-24-25-26(27)28/h2-23H2,1H3,(H,27,28). The lowest BCUT2D eigenvalue weighted by Gasteiger charge is -2.04. The number of carboxylic acid groups (broad SMARTS) is 1. The Kier molecular flexibility index (Phi) is 23.2. The van der Waals surface area contributed by atoms with Crippen LogP contribution in [0.2, 0.25) is 0 Å². The fourth-order valence-corrected chi connectivity index (χ4v) is 3.78. The predicted molar refractivity (Wildman–Crippen MR) is 123 cm³/mol. The second-order valence-electron chi connectivity index (χ2n) is 8.43. The van der Waals surface area contributed by atoms with Crippen LogP contribution < -0.4 is 0 Å². The molecule has 0 aliphatic carbocycles. The maximum Gasteiger partial charge on any atom is 0.381 e. The quantitative estimate of drug-likeness (QED) is 0.157.